The Kier molecular flexibility index (Phi) is 4.04. The number of Topliss-reactive ketones (excluding diaryl/α,β-unsaturated/α-hetero) is 1. The summed E-state index contributed by atoms with van der Waals surface area (Å²) < 4.78 is 4.88. The summed E-state index contributed by atoms with van der Waals surface area (Å²) in [6.07, 6.45) is -6.13. The van der Waals surface area contributed by atoms with Crippen LogP contribution in [0.3, 0.4) is 0 Å². The molecule has 1 saturated heterocycles. The van der Waals surface area contributed by atoms with Crippen LogP contribution >= 0.6 is 0 Å². The summed E-state index contributed by atoms with van der Waals surface area (Å²) in [6, 6.07) is 0. The van der Waals surface area contributed by atoms with Gasteiger partial charge in [0.05, 0.1) is 12.6 Å². The lowest BCUT2D eigenvalue weighted by molar-refractivity contribution is -0.262. The standard InChI is InChI=1S/C8H14N4O5/c1-3(13)8(9)6(15)5(14)4(2-11-12-10)17-7(8)16/h4-7,14-16H,2,9H2,1H3/t4-,5-,6+,7?,8-/m1/s1. The molecule has 5 atom stereocenters. The largest absolute Gasteiger partial charge is 0.388 e. The van der Waals surface area contributed by atoms with Crippen LogP contribution in [0.15, 0.2) is 5.11 Å². The molecule has 1 aliphatic heterocycles. The van der Waals surface area contributed by atoms with Crippen LogP contribution in [-0.2, 0) is 9.53 Å². The number of hydrogen-bond donors (Lipinski definition) is 4. The molecule has 0 bridgehead atoms. The molecule has 1 fully saturated rings. The molecule has 96 valence electrons. The van der Waals surface area contributed by atoms with Crippen LogP contribution in [0.25, 0.3) is 10.4 Å². The summed E-state index contributed by atoms with van der Waals surface area (Å²) in [5.74, 6) is -0.723. The highest BCUT2D eigenvalue weighted by molar-refractivity contribution is 5.87. The number of ketones is 1. The average Bonchev–Trinajstić information content (AvgIpc) is 2.29. The number of azide groups is 1. The van der Waals surface area contributed by atoms with Crippen molar-refractivity contribution in [3.05, 3.63) is 10.4 Å². The molecule has 5 N–H and O–H groups in total. The predicted molar refractivity (Wildman–Crippen MR) is 54.5 cm³/mol. The van der Waals surface area contributed by atoms with Crippen LogP contribution < -0.4 is 5.73 Å². The zero-order chi connectivity index (χ0) is 13.2. The van der Waals surface area contributed by atoms with E-state index in [0.29, 0.717) is 0 Å². The molecule has 0 aliphatic carbocycles. The second-order valence-electron chi connectivity index (χ2n) is 3.86. The number of nitrogens with two attached hydrogens (primary N) is 1. The van der Waals surface area contributed by atoms with Gasteiger partial charge in [-0.1, -0.05) is 5.11 Å². The van der Waals surface area contributed by atoms with Gasteiger partial charge >= 0.3 is 0 Å². The van der Waals surface area contributed by atoms with Gasteiger partial charge in [-0.15, -0.1) is 0 Å². The Morgan fingerprint density at radius 2 is 2.18 bits per heavy atom. The summed E-state index contributed by atoms with van der Waals surface area (Å²) in [6.45, 7) is 0.774. The molecule has 1 heterocycles. The molecular weight excluding hydrogens is 232 g/mol. The van der Waals surface area contributed by atoms with Crippen molar-refractivity contribution >= 4 is 5.78 Å². The normalized spacial score (nSPS) is 41.7. The first-order valence-electron chi connectivity index (χ1n) is 4.86. The predicted octanol–water partition coefficient (Wildman–Crippen LogP) is -1.98. The van der Waals surface area contributed by atoms with Crippen LogP contribution in [0.5, 0.6) is 0 Å². The Morgan fingerprint density at radius 1 is 1.59 bits per heavy atom. The summed E-state index contributed by atoms with van der Waals surface area (Å²) in [5, 5.41) is 32.1. The second-order valence-corrected chi connectivity index (χ2v) is 3.86. The molecule has 0 spiro atoms. The molecule has 0 aromatic carbocycles. The third-order valence-corrected chi connectivity index (χ3v) is 2.84. The van der Waals surface area contributed by atoms with E-state index in [0.717, 1.165) is 6.92 Å². The summed E-state index contributed by atoms with van der Waals surface area (Å²) >= 11 is 0. The van der Waals surface area contributed by atoms with Crippen molar-refractivity contribution in [2.24, 2.45) is 10.8 Å². The number of hydrogen-bond acceptors (Lipinski definition) is 7. The number of aliphatic hydroxyl groups excluding tert-OH is 3. The van der Waals surface area contributed by atoms with Gasteiger partial charge in [-0.2, -0.15) is 0 Å². The van der Waals surface area contributed by atoms with Gasteiger partial charge in [0.2, 0.25) is 0 Å². The van der Waals surface area contributed by atoms with E-state index in [9.17, 15) is 20.1 Å². The third kappa shape index (κ3) is 2.25. The van der Waals surface area contributed by atoms with Gasteiger partial charge in [0.1, 0.15) is 12.2 Å². The van der Waals surface area contributed by atoms with Gasteiger partial charge in [0.15, 0.2) is 17.6 Å². The molecule has 9 heteroatoms. The maximum Gasteiger partial charge on any atom is 0.183 e. The fraction of sp³-hybridized carbons (Fsp3) is 0.875. The molecule has 0 aromatic heterocycles. The van der Waals surface area contributed by atoms with Crippen molar-refractivity contribution in [3.8, 4) is 0 Å². The molecule has 1 aliphatic rings. The van der Waals surface area contributed by atoms with Gasteiger partial charge in [-0.3, -0.25) is 4.79 Å². The Balaban J connectivity index is 2.94. The second kappa shape index (κ2) is 4.96. The smallest absolute Gasteiger partial charge is 0.183 e. The van der Waals surface area contributed by atoms with Gasteiger partial charge in [-0.25, -0.2) is 0 Å². The Hall–Kier alpha value is -1.22. The molecule has 9 nitrogen and oxygen atoms in total. The average molecular weight is 246 g/mol. The van der Waals surface area contributed by atoms with Crippen LogP contribution in [-0.4, -0.2) is 57.8 Å². The van der Waals surface area contributed by atoms with E-state index in [-0.39, 0.29) is 6.54 Å². The third-order valence-electron chi connectivity index (χ3n) is 2.84. The van der Waals surface area contributed by atoms with E-state index in [1.165, 1.54) is 0 Å². The minimum atomic E-state index is -2.09. The fourth-order valence-corrected chi connectivity index (χ4v) is 1.64. The van der Waals surface area contributed by atoms with Crippen molar-refractivity contribution in [2.75, 3.05) is 6.54 Å². The van der Waals surface area contributed by atoms with Crippen molar-refractivity contribution in [1.29, 1.82) is 0 Å². The highest BCUT2D eigenvalue weighted by Gasteiger charge is 2.55. The van der Waals surface area contributed by atoms with Crippen LogP contribution in [0.4, 0.5) is 0 Å². The number of ether oxygens (including phenoxy) is 1. The lowest BCUT2D eigenvalue weighted by atomic mass is 9.81. The van der Waals surface area contributed by atoms with Gasteiger partial charge in [-0.05, 0) is 12.5 Å². The van der Waals surface area contributed by atoms with E-state index in [1.54, 1.807) is 0 Å². The lowest BCUT2D eigenvalue weighted by Crippen LogP contribution is -2.73. The molecule has 0 saturated carbocycles. The topological polar surface area (TPSA) is 162 Å². The minimum absolute atomic E-state index is 0.292. The number of carbonyl (C=O) groups is 1. The molecule has 0 aromatic rings. The maximum atomic E-state index is 11.3. The van der Waals surface area contributed by atoms with Crippen molar-refractivity contribution < 1.29 is 24.9 Å². The van der Waals surface area contributed by atoms with Crippen molar-refractivity contribution in [1.82, 2.24) is 0 Å². The SMILES string of the molecule is CC(=O)[C@]1(N)C(O)O[C@H](CN=[N+]=[N-])[C@@H](O)[C@@H]1O. The first-order valence-corrected chi connectivity index (χ1v) is 4.86. The number of nitrogens with zero attached hydrogens (tertiary/aromatic N) is 3. The van der Waals surface area contributed by atoms with E-state index >= 15 is 0 Å². The zero-order valence-corrected chi connectivity index (χ0v) is 9.09. The van der Waals surface area contributed by atoms with Crippen molar-refractivity contribution in [2.45, 2.75) is 37.1 Å². The highest BCUT2D eigenvalue weighted by atomic mass is 16.6. The lowest BCUT2D eigenvalue weighted by Gasteiger charge is -2.45. The first-order chi connectivity index (χ1) is 7.85. The van der Waals surface area contributed by atoms with E-state index in [4.69, 9.17) is 16.0 Å². The van der Waals surface area contributed by atoms with Gasteiger partial charge in [0, 0.05) is 4.91 Å². The number of rotatable bonds is 3. The van der Waals surface area contributed by atoms with Gasteiger partial charge < -0.3 is 25.8 Å². The zero-order valence-electron chi connectivity index (χ0n) is 9.09. The van der Waals surface area contributed by atoms with E-state index < -0.39 is 35.9 Å². The van der Waals surface area contributed by atoms with Crippen molar-refractivity contribution in [3.63, 3.8) is 0 Å². The molecule has 0 amide bonds. The molecular formula is C8H14N4O5. The summed E-state index contributed by atoms with van der Waals surface area (Å²) in [4.78, 5) is 13.7. The summed E-state index contributed by atoms with van der Waals surface area (Å²) in [5.41, 5.74) is 11.6. The first kappa shape index (κ1) is 13.8. The monoisotopic (exact) mass is 246 g/mol. The van der Waals surface area contributed by atoms with Crippen LogP contribution in [0.2, 0.25) is 0 Å². The van der Waals surface area contributed by atoms with Crippen LogP contribution in [0.1, 0.15) is 6.92 Å². The maximum absolute atomic E-state index is 11.3. The number of carbonyl (C=O) groups excluding carboxylic acids is 1. The minimum Gasteiger partial charge on any atom is -0.388 e. The molecule has 1 rings (SSSR count). The van der Waals surface area contributed by atoms with E-state index in [1.807, 2.05) is 0 Å². The highest BCUT2D eigenvalue weighted by Crippen LogP contribution is 2.27. The van der Waals surface area contributed by atoms with Gasteiger partial charge in [0.25, 0.3) is 0 Å². The van der Waals surface area contributed by atoms with E-state index in [2.05, 4.69) is 10.0 Å². The Labute approximate surface area is 96.4 Å². The fourth-order valence-electron chi connectivity index (χ4n) is 1.64. The molecule has 0 radical (unpaired) electrons. The summed E-state index contributed by atoms with van der Waals surface area (Å²) in [7, 11) is 0. The molecule has 1 unspecified atom stereocenters. The Morgan fingerprint density at radius 3 is 2.65 bits per heavy atom. The molecule has 17 heavy (non-hydrogen) atoms. The van der Waals surface area contributed by atoms with Crippen LogP contribution in [0, 0.1) is 0 Å². The Bertz CT molecular complexity index is 358. The number of aliphatic hydroxyl groups is 3. The quantitative estimate of drug-likeness (QED) is 0.256.